The lowest BCUT2D eigenvalue weighted by molar-refractivity contribution is -0.135. The molecule has 0 aromatic heterocycles. The molecule has 0 bridgehead atoms. The van der Waals surface area contributed by atoms with Gasteiger partial charge in [-0.2, -0.15) is 0 Å². The number of nitrogens with one attached hydrogen (secondary N) is 1. The number of imide groups is 1. The summed E-state index contributed by atoms with van der Waals surface area (Å²) >= 11 is 0. The van der Waals surface area contributed by atoms with Crippen molar-refractivity contribution >= 4 is 23.5 Å². The van der Waals surface area contributed by atoms with E-state index in [-0.39, 0.29) is 12.3 Å². The summed E-state index contributed by atoms with van der Waals surface area (Å²) in [6.45, 7) is 4.02. The molecule has 9 heteroatoms. The van der Waals surface area contributed by atoms with Crippen LogP contribution in [0, 0.1) is 0 Å². The van der Waals surface area contributed by atoms with E-state index in [4.69, 9.17) is 9.47 Å². The monoisotopic (exact) mass is 452 g/mol. The van der Waals surface area contributed by atoms with E-state index in [9.17, 15) is 14.4 Å². The van der Waals surface area contributed by atoms with Crippen molar-refractivity contribution in [1.29, 1.82) is 0 Å². The van der Waals surface area contributed by atoms with Crippen LogP contribution in [-0.2, 0) is 9.59 Å². The van der Waals surface area contributed by atoms with Gasteiger partial charge in [0.2, 0.25) is 5.91 Å². The van der Waals surface area contributed by atoms with Crippen LogP contribution in [0.2, 0.25) is 0 Å². The van der Waals surface area contributed by atoms with Gasteiger partial charge >= 0.3 is 6.03 Å². The lowest BCUT2D eigenvalue weighted by Crippen LogP contribution is -2.50. The molecule has 174 valence electrons. The van der Waals surface area contributed by atoms with E-state index < -0.39 is 18.0 Å². The molecule has 4 rings (SSSR count). The maximum absolute atomic E-state index is 12.8. The highest BCUT2D eigenvalue weighted by Crippen LogP contribution is 2.24. The lowest BCUT2D eigenvalue weighted by Gasteiger charge is -2.35. The minimum Gasteiger partial charge on any atom is -0.497 e. The maximum Gasteiger partial charge on any atom is 0.329 e. The zero-order chi connectivity index (χ0) is 23.2. The highest BCUT2D eigenvalue weighted by molar-refractivity contribution is 6.22. The molecule has 2 aromatic carbocycles. The first-order chi connectivity index (χ1) is 16.0. The summed E-state index contributed by atoms with van der Waals surface area (Å²) in [5.74, 6) is 0.919. The number of methoxy groups -OCH3 is 1. The summed E-state index contributed by atoms with van der Waals surface area (Å²) < 4.78 is 10.9. The minimum atomic E-state index is -0.857. The second-order valence-corrected chi connectivity index (χ2v) is 7.96. The zero-order valence-corrected chi connectivity index (χ0v) is 18.6. The quantitative estimate of drug-likeness (QED) is 0.614. The zero-order valence-electron chi connectivity index (χ0n) is 18.6. The molecule has 0 saturated carbocycles. The Morgan fingerprint density at radius 1 is 0.970 bits per heavy atom. The molecule has 1 atom stereocenters. The number of para-hydroxylation sites is 1. The summed E-state index contributed by atoms with van der Waals surface area (Å²) in [5, 5.41) is 2.63. The Kier molecular flexibility index (Phi) is 7.09. The van der Waals surface area contributed by atoms with Crippen LogP contribution in [-0.4, -0.2) is 80.1 Å². The van der Waals surface area contributed by atoms with Gasteiger partial charge in [-0.15, -0.1) is 0 Å². The summed E-state index contributed by atoms with van der Waals surface area (Å²) in [4.78, 5) is 43.0. The number of hydrogen-bond acceptors (Lipinski definition) is 6. The largest absolute Gasteiger partial charge is 0.497 e. The van der Waals surface area contributed by atoms with E-state index in [0.29, 0.717) is 31.1 Å². The van der Waals surface area contributed by atoms with Gasteiger partial charge in [0.15, 0.2) is 0 Å². The lowest BCUT2D eigenvalue weighted by atomic mass is 10.1. The molecule has 2 aliphatic rings. The van der Waals surface area contributed by atoms with Crippen LogP contribution < -0.4 is 19.7 Å². The number of benzene rings is 2. The number of rotatable bonds is 8. The van der Waals surface area contributed by atoms with Crippen LogP contribution in [0.1, 0.15) is 6.42 Å². The van der Waals surface area contributed by atoms with Crippen LogP contribution >= 0.6 is 0 Å². The van der Waals surface area contributed by atoms with E-state index in [0.717, 1.165) is 30.3 Å². The van der Waals surface area contributed by atoms with Crippen LogP contribution in [0.15, 0.2) is 54.6 Å². The Bertz CT molecular complexity index is 974. The fourth-order valence-electron chi connectivity index (χ4n) is 3.98. The molecular weight excluding hydrogens is 424 g/mol. The van der Waals surface area contributed by atoms with E-state index >= 15 is 0 Å². The number of ether oxygens (including phenoxy) is 2. The molecule has 0 spiro atoms. The molecule has 1 N–H and O–H groups in total. The fraction of sp³-hybridized carbons (Fsp3) is 0.375. The SMILES string of the molecule is COc1ccc(N2C(=O)NC(CC(=O)N3CCN(CCOc4ccccc4)CC3)C2=O)cc1. The van der Waals surface area contributed by atoms with E-state index in [2.05, 4.69) is 10.2 Å². The number of carbonyl (C=O) groups is 3. The molecule has 2 saturated heterocycles. The third-order valence-electron chi connectivity index (χ3n) is 5.87. The molecule has 2 fully saturated rings. The van der Waals surface area contributed by atoms with Gasteiger partial charge in [0.05, 0.1) is 19.2 Å². The third kappa shape index (κ3) is 5.43. The Balaban J connectivity index is 1.23. The molecule has 0 aliphatic carbocycles. The first-order valence-electron chi connectivity index (χ1n) is 11.0. The average molecular weight is 453 g/mol. The Hall–Kier alpha value is -3.59. The molecule has 9 nitrogen and oxygen atoms in total. The smallest absolute Gasteiger partial charge is 0.329 e. The minimum absolute atomic E-state index is 0.0473. The average Bonchev–Trinajstić information content (AvgIpc) is 3.12. The van der Waals surface area contributed by atoms with E-state index in [1.165, 1.54) is 0 Å². The number of anilines is 1. The van der Waals surface area contributed by atoms with Crippen molar-refractivity contribution in [2.45, 2.75) is 12.5 Å². The molecule has 2 aromatic rings. The predicted octanol–water partition coefficient (Wildman–Crippen LogP) is 1.73. The van der Waals surface area contributed by atoms with Gasteiger partial charge in [0.25, 0.3) is 5.91 Å². The highest BCUT2D eigenvalue weighted by Gasteiger charge is 2.40. The predicted molar refractivity (Wildman–Crippen MR) is 122 cm³/mol. The number of nitrogens with zero attached hydrogens (tertiary/aromatic N) is 3. The van der Waals surface area contributed by atoms with Crippen LogP contribution in [0.5, 0.6) is 11.5 Å². The Labute approximate surface area is 192 Å². The Morgan fingerprint density at radius 2 is 1.67 bits per heavy atom. The van der Waals surface area contributed by atoms with Crippen molar-refractivity contribution in [1.82, 2.24) is 15.1 Å². The molecule has 2 heterocycles. The summed E-state index contributed by atoms with van der Waals surface area (Å²) in [7, 11) is 1.54. The van der Waals surface area contributed by atoms with Gasteiger partial charge in [0.1, 0.15) is 24.1 Å². The maximum atomic E-state index is 12.8. The second kappa shape index (κ2) is 10.4. The number of urea groups is 1. The first kappa shape index (κ1) is 22.6. The van der Waals surface area contributed by atoms with Gasteiger partial charge < -0.3 is 19.7 Å². The fourth-order valence-corrected chi connectivity index (χ4v) is 3.98. The third-order valence-corrected chi connectivity index (χ3v) is 5.87. The molecule has 1 unspecified atom stereocenters. The second-order valence-electron chi connectivity index (χ2n) is 7.96. The van der Waals surface area contributed by atoms with Crippen molar-refractivity contribution in [2.75, 3.05) is 51.3 Å². The van der Waals surface area contributed by atoms with Gasteiger partial charge in [0, 0.05) is 32.7 Å². The number of piperazine rings is 1. The van der Waals surface area contributed by atoms with Crippen molar-refractivity contribution in [3.05, 3.63) is 54.6 Å². The van der Waals surface area contributed by atoms with Gasteiger partial charge in [-0.05, 0) is 36.4 Å². The van der Waals surface area contributed by atoms with Crippen LogP contribution in [0.3, 0.4) is 0 Å². The molecular formula is C24H28N4O5. The van der Waals surface area contributed by atoms with Crippen molar-refractivity contribution in [2.24, 2.45) is 0 Å². The first-order valence-corrected chi connectivity index (χ1v) is 11.0. The summed E-state index contributed by atoms with van der Waals surface area (Å²) in [5.41, 5.74) is 0.444. The number of carbonyl (C=O) groups excluding carboxylic acids is 3. The summed E-state index contributed by atoms with van der Waals surface area (Å²) in [6, 6.07) is 14.9. The van der Waals surface area contributed by atoms with Crippen molar-refractivity contribution < 1.29 is 23.9 Å². The number of amides is 4. The standard InChI is InChI=1S/C24H28N4O5/c1-32-19-9-7-18(8-10-19)28-23(30)21(25-24(28)31)17-22(29)27-13-11-26(12-14-27)15-16-33-20-5-3-2-4-6-20/h2-10,21H,11-17H2,1H3,(H,25,31). The van der Waals surface area contributed by atoms with E-state index in [1.54, 1.807) is 36.3 Å². The molecule has 4 amide bonds. The summed E-state index contributed by atoms with van der Waals surface area (Å²) in [6.07, 6.45) is -0.0473. The number of hydrogen-bond donors (Lipinski definition) is 1. The van der Waals surface area contributed by atoms with Crippen molar-refractivity contribution in [3.8, 4) is 11.5 Å². The molecule has 33 heavy (non-hydrogen) atoms. The normalized spacial score (nSPS) is 18.9. The highest BCUT2D eigenvalue weighted by atomic mass is 16.5. The van der Waals surface area contributed by atoms with Gasteiger partial charge in [-0.25, -0.2) is 9.69 Å². The Morgan fingerprint density at radius 3 is 2.33 bits per heavy atom. The van der Waals surface area contributed by atoms with E-state index in [1.807, 2.05) is 30.3 Å². The topological polar surface area (TPSA) is 91.4 Å². The van der Waals surface area contributed by atoms with Crippen LogP contribution in [0.4, 0.5) is 10.5 Å². The molecule has 0 radical (unpaired) electrons. The van der Waals surface area contributed by atoms with Gasteiger partial charge in [-0.1, -0.05) is 18.2 Å². The van der Waals surface area contributed by atoms with Gasteiger partial charge in [-0.3, -0.25) is 14.5 Å². The molecule has 2 aliphatic heterocycles. The van der Waals surface area contributed by atoms with Crippen LogP contribution in [0.25, 0.3) is 0 Å². The van der Waals surface area contributed by atoms with Crippen molar-refractivity contribution in [3.63, 3.8) is 0 Å².